The highest BCUT2D eigenvalue weighted by Crippen LogP contribution is 2.21. The monoisotopic (exact) mass is 419 g/mol. The number of piperazine rings is 1. The fourth-order valence-electron chi connectivity index (χ4n) is 3.03. The molecule has 0 radical (unpaired) electrons. The molecule has 0 unspecified atom stereocenters. The molecule has 2 N–H and O–H groups in total. The number of carbonyl (C=O) groups excluding carboxylic acids is 1. The van der Waals surface area contributed by atoms with E-state index in [1.54, 1.807) is 12.1 Å². The Morgan fingerprint density at radius 3 is 2.42 bits per heavy atom. The van der Waals surface area contributed by atoms with E-state index in [0.717, 1.165) is 42.0 Å². The molecule has 1 heterocycles. The molecule has 0 saturated carbocycles. The van der Waals surface area contributed by atoms with Crippen molar-refractivity contribution in [2.75, 3.05) is 42.9 Å². The summed E-state index contributed by atoms with van der Waals surface area (Å²) >= 11 is 3.43. The molecule has 0 aliphatic carbocycles. The van der Waals surface area contributed by atoms with E-state index < -0.39 is 4.92 Å². The van der Waals surface area contributed by atoms with Gasteiger partial charge in [0.25, 0.3) is 11.6 Å². The number of anilines is 2. The number of amides is 1. The van der Waals surface area contributed by atoms with Gasteiger partial charge >= 0.3 is 0 Å². The van der Waals surface area contributed by atoms with Gasteiger partial charge in [0, 0.05) is 22.3 Å². The number of rotatable bonds is 5. The number of para-hydroxylation sites is 1. The quantitative estimate of drug-likeness (QED) is 0.570. The van der Waals surface area contributed by atoms with Gasteiger partial charge in [-0.05, 0) is 40.2 Å². The standard InChI is InChI=1S/C18H19BrN4O3/c19-16-3-1-2-4-17(16)20-18(24)13-21-9-11-22(12-10-21)14-5-7-15(8-6-14)23(25)26/h1-8H,9-13H2,(H,20,24)/p+1. The molecule has 2 aromatic carbocycles. The van der Waals surface area contributed by atoms with E-state index in [4.69, 9.17) is 0 Å². The number of quaternary nitrogens is 1. The SMILES string of the molecule is O=C(C[NH+]1CCN(c2ccc([N+](=O)[O-])cc2)CC1)Nc1ccccc1Br. The molecule has 8 heteroatoms. The molecule has 1 fully saturated rings. The summed E-state index contributed by atoms with van der Waals surface area (Å²) < 4.78 is 0.867. The van der Waals surface area contributed by atoms with Gasteiger partial charge in [-0.15, -0.1) is 0 Å². The normalized spacial score (nSPS) is 14.9. The average Bonchev–Trinajstić information content (AvgIpc) is 2.64. The van der Waals surface area contributed by atoms with Gasteiger partial charge in [0.15, 0.2) is 6.54 Å². The van der Waals surface area contributed by atoms with Gasteiger partial charge in [0.2, 0.25) is 0 Å². The lowest BCUT2D eigenvalue weighted by atomic mass is 10.2. The number of halogens is 1. The smallest absolute Gasteiger partial charge is 0.279 e. The molecule has 3 rings (SSSR count). The summed E-state index contributed by atoms with van der Waals surface area (Å²) in [6, 6.07) is 14.2. The Bertz CT molecular complexity index is 789. The summed E-state index contributed by atoms with van der Waals surface area (Å²) in [5.74, 6) is -0.00399. The van der Waals surface area contributed by atoms with Crippen molar-refractivity contribution in [1.29, 1.82) is 0 Å². The third-order valence-corrected chi connectivity index (χ3v) is 5.15. The lowest BCUT2D eigenvalue weighted by Gasteiger charge is -2.33. The maximum Gasteiger partial charge on any atom is 0.279 e. The second kappa shape index (κ2) is 8.29. The highest BCUT2D eigenvalue weighted by Gasteiger charge is 2.23. The first-order valence-corrected chi connectivity index (χ1v) is 9.19. The predicted molar refractivity (Wildman–Crippen MR) is 104 cm³/mol. The molecule has 1 amide bonds. The van der Waals surface area contributed by atoms with Crippen molar-refractivity contribution in [1.82, 2.24) is 0 Å². The summed E-state index contributed by atoms with van der Waals surface area (Å²) in [5, 5.41) is 13.7. The maximum absolute atomic E-state index is 12.3. The van der Waals surface area contributed by atoms with E-state index in [9.17, 15) is 14.9 Å². The van der Waals surface area contributed by atoms with Crippen molar-refractivity contribution < 1.29 is 14.6 Å². The van der Waals surface area contributed by atoms with Crippen LogP contribution in [0.25, 0.3) is 0 Å². The van der Waals surface area contributed by atoms with E-state index in [0.29, 0.717) is 6.54 Å². The summed E-state index contributed by atoms with van der Waals surface area (Å²) in [6.45, 7) is 3.75. The molecule has 136 valence electrons. The largest absolute Gasteiger partial charge is 0.360 e. The van der Waals surface area contributed by atoms with E-state index in [1.807, 2.05) is 24.3 Å². The van der Waals surface area contributed by atoms with Crippen molar-refractivity contribution in [3.63, 3.8) is 0 Å². The van der Waals surface area contributed by atoms with Gasteiger partial charge in [-0.1, -0.05) is 12.1 Å². The number of hydrogen-bond donors (Lipinski definition) is 2. The first-order valence-electron chi connectivity index (χ1n) is 8.40. The number of non-ortho nitro benzene ring substituents is 1. The topological polar surface area (TPSA) is 79.9 Å². The minimum Gasteiger partial charge on any atom is -0.360 e. The fourth-order valence-corrected chi connectivity index (χ4v) is 3.41. The lowest BCUT2D eigenvalue weighted by Crippen LogP contribution is -3.15. The summed E-state index contributed by atoms with van der Waals surface area (Å²) in [6.07, 6.45) is 0. The Morgan fingerprint density at radius 2 is 1.81 bits per heavy atom. The first-order chi connectivity index (χ1) is 12.5. The molecule has 0 bridgehead atoms. The Morgan fingerprint density at radius 1 is 1.15 bits per heavy atom. The highest BCUT2D eigenvalue weighted by atomic mass is 79.9. The van der Waals surface area contributed by atoms with Gasteiger partial charge in [0.05, 0.1) is 36.8 Å². The number of nitrogens with one attached hydrogen (secondary N) is 2. The third-order valence-electron chi connectivity index (χ3n) is 4.45. The van der Waals surface area contributed by atoms with Gasteiger partial charge in [-0.2, -0.15) is 0 Å². The molecular weight excluding hydrogens is 400 g/mol. The minimum absolute atomic E-state index is 0.00399. The van der Waals surface area contributed by atoms with Crippen LogP contribution < -0.4 is 15.1 Å². The summed E-state index contributed by atoms with van der Waals surface area (Å²) in [7, 11) is 0. The van der Waals surface area contributed by atoms with Crippen LogP contribution in [-0.2, 0) is 4.79 Å². The number of nitro groups is 1. The van der Waals surface area contributed by atoms with Gasteiger partial charge < -0.3 is 15.1 Å². The van der Waals surface area contributed by atoms with E-state index in [-0.39, 0.29) is 11.6 Å². The zero-order valence-electron chi connectivity index (χ0n) is 14.2. The van der Waals surface area contributed by atoms with Crippen LogP contribution in [0.3, 0.4) is 0 Å². The molecular formula is C18H20BrN4O3+. The van der Waals surface area contributed by atoms with Crippen LogP contribution >= 0.6 is 15.9 Å². The van der Waals surface area contributed by atoms with Crippen molar-refractivity contribution in [2.45, 2.75) is 0 Å². The Hall–Kier alpha value is -2.45. The third kappa shape index (κ3) is 4.59. The number of carbonyl (C=O) groups is 1. The van der Waals surface area contributed by atoms with E-state index in [1.165, 1.54) is 17.0 Å². The Kier molecular flexibility index (Phi) is 5.85. The summed E-state index contributed by atoms with van der Waals surface area (Å²) in [5.41, 5.74) is 1.86. The minimum atomic E-state index is -0.393. The van der Waals surface area contributed by atoms with Crippen molar-refractivity contribution in [3.05, 3.63) is 63.1 Å². The Labute approximate surface area is 159 Å². The van der Waals surface area contributed by atoms with Gasteiger partial charge in [0.1, 0.15) is 0 Å². The lowest BCUT2D eigenvalue weighted by molar-refractivity contribution is -0.892. The van der Waals surface area contributed by atoms with Crippen LogP contribution in [-0.4, -0.2) is 43.6 Å². The first kappa shape index (κ1) is 18.3. The number of nitrogens with zero attached hydrogens (tertiary/aromatic N) is 2. The number of nitro benzene ring substituents is 1. The number of benzene rings is 2. The predicted octanol–water partition coefficient (Wildman–Crippen LogP) is 1.70. The van der Waals surface area contributed by atoms with Crippen LogP contribution in [0.15, 0.2) is 53.0 Å². The molecule has 1 aliphatic heterocycles. The zero-order chi connectivity index (χ0) is 18.5. The molecule has 7 nitrogen and oxygen atoms in total. The molecule has 1 aliphatic rings. The molecule has 0 atom stereocenters. The van der Waals surface area contributed by atoms with Gasteiger partial charge in [-0.25, -0.2) is 0 Å². The van der Waals surface area contributed by atoms with Crippen LogP contribution in [0, 0.1) is 10.1 Å². The fraction of sp³-hybridized carbons (Fsp3) is 0.278. The highest BCUT2D eigenvalue weighted by molar-refractivity contribution is 9.10. The molecule has 1 saturated heterocycles. The second-order valence-electron chi connectivity index (χ2n) is 6.22. The molecule has 2 aromatic rings. The Balaban J connectivity index is 1.49. The van der Waals surface area contributed by atoms with Gasteiger partial charge in [-0.3, -0.25) is 14.9 Å². The number of hydrogen-bond acceptors (Lipinski definition) is 4. The summed E-state index contributed by atoms with van der Waals surface area (Å²) in [4.78, 5) is 26.0. The van der Waals surface area contributed by atoms with Crippen molar-refractivity contribution >= 4 is 38.9 Å². The second-order valence-corrected chi connectivity index (χ2v) is 7.07. The van der Waals surface area contributed by atoms with Crippen LogP contribution in [0.2, 0.25) is 0 Å². The molecule has 26 heavy (non-hydrogen) atoms. The maximum atomic E-state index is 12.3. The van der Waals surface area contributed by atoms with Crippen molar-refractivity contribution in [2.24, 2.45) is 0 Å². The average molecular weight is 420 g/mol. The van der Waals surface area contributed by atoms with E-state index in [2.05, 4.69) is 26.1 Å². The van der Waals surface area contributed by atoms with Crippen LogP contribution in [0.5, 0.6) is 0 Å². The van der Waals surface area contributed by atoms with Crippen molar-refractivity contribution in [3.8, 4) is 0 Å². The van der Waals surface area contributed by atoms with Crippen LogP contribution in [0.4, 0.5) is 17.1 Å². The van der Waals surface area contributed by atoms with E-state index >= 15 is 0 Å². The van der Waals surface area contributed by atoms with Crippen LogP contribution in [0.1, 0.15) is 0 Å². The molecule has 0 aromatic heterocycles. The zero-order valence-corrected chi connectivity index (χ0v) is 15.7. The molecule has 0 spiro atoms.